The molecule has 2 aromatic rings. The first-order chi connectivity index (χ1) is 9.08. The van der Waals surface area contributed by atoms with E-state index in [9.17, 15) is 4.39 Å². The fourth-order valence-electron chi connectivity index (χ4n) is 1.39. The van der Waals surface area contributed by atoms with Crippen molar-refractivity contribution in [2.24, 2.45) is 0 Å². The number of hydrogen-bond donors (Lipinski definition) is 2. The average Bonchev–Trinajstić information content (AvgIpc) is 2.83. The summed E-state index contributed by atoms with van der Waals surface area (Å²) in [6.07, 6.45) is 1.93. The molecule has 1 aromatic carbocycles. The minimum absolute atomic E-state index is 0.151. The van der Waals surface area contributed by atoms with E-state index in [-0.39, 0.29) is 5.46 Å². The van der Waals surface area contributed by atoms with Gasteiger partial charge in [0.25, 0.3) is 0 Å². The van der Waals surface area contributed by atoms with Crippen molar-refractivity contribution < 1.29 is 14.4 Å². The van der Waals surface area contributed by atoms with Gasteiger partial charge in [-0.05, 0) is 29.4 Å². The largest absolute Gasteiger partial charge is 0.488 e. The molecule has 2 rings (SSSR count). The van der Waals surface area contributed by atoms with Crippen molar-refractivity contribution >= 4 is 47.4 Å². The molecule has 0 amide bonds. The minimum atomic E-state index is -1.66. The van der Waals surface area contributed by atoms with Gasteiger partial charge in [0.05, 0.1) is 0 Å². The fourth-order valence-corrected chi connectivity index (χ4v) is 3.76. The Kier molecular flexibility index (Phi) is 5.23. The van der Waals surface area contributed by atoms with E-state index in [1.807, 2.05) is 6.26 Å². The smallest absolute Gasteiger partial charge is 0.423 e. The van der Waals surface area contributed by atoms with Gasteiger partial charge < -0.3 is 10.0 Å². The monoisotopic (exact) mass is 316 g/mol. The van der Waals surface area contributed by atoms with E-state index in [0.29, 0.717) is 11.3 Å². The summed E-state index contributed by atoms with van der Waals surface area (Å²) >= 11 is 4.44. The maximum absolute atomic E-state index is 13.3. The minimum Gasteiger partial charge on any atom is -0.423 e. The number of nitrogens with zero attached hydrogens (tertiary/aromatic N) is 2. The summed E-state index contributed by atoms with van der Waals surface area (Å²) < 4.78 is 15.0. The van der Waals surface area contributed by atoms with Crippen molar-refractivity contribution in [3.8, 4) is 0 Å². The lowest BCUT2D eigenvalue weighted by Gasteiger charge is -2.04. The molecule has 0 saturated carbocycles. The third-order valence-electron chi connectivity index (χ3n) is 2.20. The van der Waals surface area contributed by atoms with E-state index in [4.69, 9.17) is 10.0 Å². The van der Waals surface area contributed by atoms with E-state index in [1.165, 1.54) is 40.9 Å². The summed E-state index contributed by atoms with van der Waals surface area (Å²) in [5.74, 6) is 0.0174. The quantitative estimate of drug-likeness (QED) is 0.642. The van der Waals surface area contributed by atoms with Crippen molar-refractivity contribution in [2.45, 2.75) is 14.4 Å². The van der Waals surface area contributed by atoms with Gasteiger partial charge in [0.2, 0.25) is 0 Å². The molecule has 2 N–H and O–H groups in total. The zero-order valence-corrected chi connectivity index (χ0v) is 12.4. The number of hydrogen-bond acceptors (Lipinski definition) is 7. The molecule has 0 bridgehead atoms. The predicted molar refractivity (Wildman–Crippen MR) is 77.5 cm³/mol. The van der Waals surface area contributed by atoms with E-state index < -0.39 is 12.9 Å². The molecule has 0 aliphatic rings. The third kappa shape index (κ3) is 4.18. The van der Waals surface area contributed by atoms with Crippen LogP contribution in [0.5, 0.6) is 0 Å². The lowest BCUT2D eigenvalue weighted by atomic mass is 9.79. The number of aromatic nitrogens is 2. The Hall–Kier alpha value is -0.605. The average molecular weight is 316 g/mol. The molecule has 0 unspecified atom stereocenters. The van der Waals surface area contributed by atoms with Crippen LogP contribution in [0.4, 0.5) is 4.39 Å². The van der Waals surface area contributed by atoms with Crippen LogP contribution in [0.2, 0.25) is 0 Å². The van der Waals surface area contributed by atoms with Gasteiger partial charge in [-0.1, -0.05) is 40.9 Å². The third-order valence-corrected chi connectivity index (χ3v) is 5.31. The normalized spacial score (nSPS) is 10.7. The maximum atomic E-state index is 13.3. The molecule has 1 aromatic heterocycles. The molecule has 0 saturated heterocycles. The van der Waals surface area contributed by atoms with Gasteiger partial charge in [-0.3, -0.25) is 0 Å². The second-order valence-corrected chi connectivity index (χ2v) is 6.85. The van der Waals surface area contributed by atoms with Gasteiger partial charge >= 0.3 is 7.12 Å². The van der Waals surface area contributed by atoms with Gasteiger partial charge in [0.15, 0.2) is 8.68 Å². The van der Waals surface area contributed by atoms with Gasteiger partial charge in [0.1, 0.15) is 5.82 Å². The highest BCUT2D eigenvalue weighted by atomic mass is 32.2. The van der Waals surface area contributed by atoms with Crippen molar-refractivity contribution in [1.82, 2.24) is 10.2 Å². The van der Waals surface area contributed by atoms with Crippen molar-refractivity contribution in [3.05, 3.63) is 29.6 Å². The molecule has 0 aliphatic carbocycles. The molecular formula is C10H10BFN2O2S3. The Morgan fingerprint density at radius 1 is 1.26 bits per heavy atom. The molecule has 0 aliphatic heterocycles. The first kappa shape index (κ1) is 14.8. The van der Waals surface area contributed by atoms with Crippen LogP contribution in [-0.2, 0) is 5.75 Å². The van der Waals surface area contributed by atoms with Gasteiger partial charge in [-0.25, -0.2) is 4.39 Å². The summed E-state index contributed by atoms with van der Waals surface area (Å²) in [5, 5.41) is 26.1. The van der Waals surface area contributed by atoms with Crippen LogP contribution < -0.4 is 5.46 Å². The second-order valence-electron chi connectivity index (χ2n) is 3.59. The number of benzene rings is 1. The van der Waals surface area contributed by atoms with Crippen LogP contribution in [0, 0.1) is 5.82 Å². The highest BCUT2D eigenvalue weighted by molar-refractivity contribution is 8.02. The first-order valence-corrected chi connectivity index (χ1v) is 8.27. The molecule has 19 heavy (non-hydrogen) atoms. The zero-order valence-electron chi connectivity index (χ0n) is 9.91. The Bertz CT molecular complexity index is 567. The second kappa shape index (κ2) is 6.71. The number of rotatable bonds is 5. The lowest BCUT2D eigenvalue weighted by Crippen LogP contribution is -2.30. The van der Waals surface area contributed by atoms with Gasteiger partial charge in [0, 0.05) is 5.75 Å². The molecule has 0 spiro atoms. The van der Waals surface area contributed by atoms with Crippen LogP contribution in [0.25, 0.3) is 0 Å². The van der Waals surface area contributed by atoms with Crippen LogP contribution in [0.15, 0.2) is 26.9 Å². The topological polar surface area (TPSA) is 66.2 Å². The summed E-state index contributed by atoms with van der Waals surface area (Å²) in [5.41, 5.74) is 0.826. The molecular weight excluding hydrogens is 306 g/mol. The summed E-state index contributed by atoms with van der Waals surface area (Å²) in [6, 6.07) is 4.04. The van der Waals surface area contributed by atoms with E-state index in [1.54, 1.807) is 6.07 Å². The fraction of sp³-hybridized carbons (Fsp3) is 0.200. The Labute approximate surface area is 122 Å². The standard InChI is InChI=1S/C10H10BFN2O2S3/c1-17-9-13-14-10(19-9)18-5-6-2-7(11(15)16)4-8(12)3-6/h2-4,15-16H,5H2,1H3. The summed E-state index contributed by atoms with van der Waals surface area (Å²) in [7, 11) is -1.66. The van der Waals surface area contributed by atoms with Crippen LogP contribution >= 0.6 is 34.9 Å². The highest BCUT2D eigenvalue weighted by Crippen LogP contribution is 2.29. The number of halogens is 1. The van der Waals surface area contributed by atoms with Crippen LogP contribution in [0.3, 0.4) is 0 Å². The van der Waals surface area contributed by atoms with E-state index >= 15 is 0 Å². The highest BCUT2D eigenvalue weighted by Gasteiger charge is 2.13. The maximum Gasteiger partial charge on any atom is 0.488 e. The van der Waals surface area contributed by atoms with Crippen molar-refractivity contribution in [1.29, 1.82) is 0 Å². The molecule has 1 heterocycles. The Balaban J connectivity index is 2.06. The summed E-state index contributed by atoms with van der Waals surface area (Å²) in [4.78, 5) is 0. The van der Waals surface area contributed by atoms with Gasteiger partial charge in [-0.2, -0.15) is 0 Å². The Morgan fingerprint density at radius 3 is 2.63 bits per heavy atom. The number of thioether (sulfide) groups is 2. The molecule has 9 heteroatoms. The van der Waals surface area contributed by atoms with Crippen molar-refractivity contribution in [2.75, 3.05) is 6.26 Å². The molecule has 0 fully saturated rings. The van der Waals surface area contributed by atoms with E-state index in [0.717, 1.165) is 14.7 Å². The van der Waals surface area contributed by atoms with Crippen LogP contribution in [-0.4, -0.2) is 33.6 Å². The molecule has 100 valence electrons. The summed E-state index contributed by atoms with van der Waals surface area (Å²) in [6.45, 7) is 0. The van der Waals surface area contributed by atoms with Crippen LogP contribution in [0.1, 0.15) is 5.56 Å². The predicted octanol–water partition coefficient (Wildman–Crippen LogP) is 1.37. The van der Waals surface area contributed by atoms with Gasteiger partial charge in [-0.15, -0.1) is 10.2 Å². The lowest BCUT2D eigenvalue weighted by molar-refractivity contribution is 0.425. The Morgan fingerprint density at radius 2 is 2.00 bits per heavy atom. The molecule has 0 radical (unpaired) electrons. The molecule has 4 nitrogen and oxygen atoms in total. The molecule has 0 atom stereocenters. The zero-order chi connectivity index (χ0) is 13.8. The first-order valence-electron chi connectivity index (χ1n) is 5.24. The SMILES string of the molecule is CSc1nnc(SCc2cc(F)cc(B(O)O)c2)s1. The van der Waals surface area contributed by atoms with Crippen molar-refractivity contribution in [3.63, 3.8) is 0 Å². The van der Waals surface area contributed by atoms with E-state index in [2.05, 4.69) is 10.2 Å².